The Balaban J connectivity index is 2.50. The third-order valence-corrected chi connectivity index (χ3v) is 5.05. The van der Waals surface area contributed by atoms with E-state index in [1.165, 1.54) is 0 Å². The average Bonchev–Trinajstić information content (AvgIpc) is 2.46. The number of hydrogen-bond acceptors (Lipinski definition) is 2. The van der Waals surface area contributed by atoms with Crippen molar-refractivity contribution in [3.05, 3.63) is 56.5 Å². The monoisotopic (exact) mass is 462 g/mol. The Morgan fingerprint density at radius 1 is 0.950 bits per heavy atom. The fraction of sp³-hybridized carbons (Fsp3) is 0.200. The second-order valence-corrected chi connectivity index (χ2v) is 6.83. The van der Waals surface area contributed by atoms with Gasteiger partial charge in [-0.1, -0.05) is 44.0 Å². The SMILES string of the molecule is COc1cc(C(Br)c2cccc(Br)c2)c(OC)cc1Br. The highest BCUT2D eigenvalue weighted by Gasteiger charge is 2.18. The molecule has 0 aliphatic heterocycles. The number of hydrogen-bond donors (Lipinski definition) is 0. The van der Waals surface area contributed by atoms with E-state index in [-0.39, 0.29) is 4.83 Å². The van der Waals surface area contributed by atoms with Crippen LogP contribution in [0, 0.1) is 0 Å². The topological polar surface area (TPSA) is 18.5 Å². The number of methoxy groups -OCH3 is 2. The van der Waals surface area contributed by atoms with Gasteiger partial charge in [-0.3, -0.25) is 0 Å². The first-order chi connectivity index (χ1) is 9.56. The van der Waals surface area contributed by atoms with Crippen LogP contribution < -0.4 is 9.47 Å². The van der Waals surface area contributed by atoms with Gasteiger partial charge in [0.05, 0.1) is 23.5 Å². The quantitative estimate of drug-likeness (QED) is 0.539. The molecule has 0 aliphatic carbocycles. The van der Waals surface area contributed by atoms with Crippen LogP contribution in [-0.4, -0.2) is 14.2 Å². The lowest BCUT2D eigenvalue weighted by atomic mass is 10.0. The molecule has 1 unspecified atom stereocenters. The molecule has 0 radical (unpaired) electrons. The number of alkyl halides is 1. The lowest BCUT2D eigenvalue weighted by Crippen LogP contribution is -1.99. The van der Waals surface area contributed by atoms with E-state index < -0.39 is 0 Å². The zero-order chi connectivity index (χ0) is 14.7. The molecule has 0 aliphatic rings. The Hall–Kier alpha value is -0.520. The molecule has 2 rings (SSSR count). The normalized spacial score (nSPS) is 12.1. The van der Waals surface area contributed by atoms with E-state index in [1.54, 1.807) is 14.2 Å². The Bertz CT molecular complexity index is 614. The summed E-state index contributed by atoms with van der Waals surface area (Å²) in [6, 6.07) is 12.0. The molecule has 0 saturated carbocycles. The van der Waals surface area contributed by atoms with Crippen LogP contribution in [-0.2, 0) is 0 Å². The first-order valence-electron chi connectivity index (χ1n) is 5.87. The van der Waals surface area contributed by atoms with Crippen LogP contribution in [0.25, 0.3) is 0 Å². The highest BCUT2D eigenvalue weighted by atomic mass is 79.9. The van der Waals surface area contributed by atoms with Gasteiger partial charge < -0.3 is 9.47 Å². The Morgan fingerprint density at radius 3 is 2.25 bits per heavy atom. The van der Waals surface area contributed by atoms with Gasteiger partial charge in [0, 0.05) is 10.0 Å². The lowest BCUT2D eigenvalue weighted by Gasteiger charge is -2.17. The first-order valence-corrected chi connectivity index (χ1v) is 8.38. The van der Waals surface area contributed by atoms with E-state index in [1.807, 2.05) is 24.3 Å². The smallest absolute Gasteiger partial charge is 0.133 e. The van der Waals surface area contributed by atoms with E-state index in [4.69, 9.17) is 9.47 Å². The maximum atomic E-state index is 5.47. The van der Waals surface area contributed by atoms with Crippen molar-refractivity contribution < 1.29 is 9.47 Å². The van der Waals surface area contributed by atoms with Crippen molar-refractivity contribution in [3.8, 4) is 11.5 Å². The number of ether oxygens (including phenoxy) is 2. The number of benzene rings is 2. The van der Waals surface area contributed by atoms with Crippen molar-refractivity contribution in [2.45, 2.75) is 4.83 Å². The molecule has 5 heteroatoms. The largest absolute Gasteiger partial charge is 0.496 e. The molecule has 0 amide bonds. The molecular formula is C15H13Br3O2. The minimum Gasteiger partial charge on any atom is -0.496 e. The molecule has 2 nitrogen and oxygen atoms in total. The molecule has 106 valence electrons. The molecule has 0 aromatic heterocycles. The fourth-order valence-electron chi connectivity index (χ4n) is 1.93. The standard InChI is InChI=1S/C15H13Br3O2/c1-19-13-8-12(17)14(20-2)7-11(13)15(18)9-4-3-5-10(16)6-9/h3-8,15H,1-2H3. The average molecular weight is 465 g/mol. The van der Waals surface area contributed by atoms with E-state index in [0.717, 1.165) is 31.6 Å². The molecule has 0 N–H and O–H groups in total. The molecule has 1 atom stereocenters. The van der Waals surface area contributed by atoms with Crippen LogP contribution in [0.5, 0.6) is 11.5 Å². The van der Waals surface area contributed by atoms with Gasteiger partial charge in [0.1, 0.15) is 11.5 Å². The summed E-state index contributed by atoms with van der Waals surface area (Å²) in [6.45, 7) is 0. The van der Waals surface area contributed by atoms with Gasteiger partial charge >= 0.3 is 0 Å². The van der Waals surface area contributed by atoms with Crippen LogP contribution in [0.4, 0.5) is 0 Å². The minimum absolute atomic E-state index is 0.0250. The summed E-state index contributed by atoms with van der Waals surface area (Å²) in [4.78, 5) is 0.0250. The molecule has 0 bridgehead atoms. The first kappa shape index (κ1) is 15.9. The summed E-state index contributed by atoms with van der Waals surface area (Å²) in [5, 5.41) is 0. The van der Waals surface area contributed by atoms with Gasteiger partial charge in [-0.25, -0.2) is 0 Å². The summed E-state index contributed by atoms with van der Waals surface area (Å²) in [5.74, 6) is 1.58. The van der Waals surface area contributed by atoms with Crippen molar-refractivity contribution in [3.63, 3.8) is 0 Å². The zero-order valence-electron chi connectivity index (χ0n) is 11.0. The van der Waals surface area contributed by atoms with Crippen molar-refractivity contribution >= 4 is 47.8 Å². The van der Waals surface area contributed by atoms with Gasteiger partial charge in [-0.2, -0.15) is 0 Å². The third kappa shape index (κ3) is 3.38. The van der Waals surface area contributed by atoms with Crippen LogP contribution in [0.15, 0.2) is 45.3 Å². The predicted molar refractivity (Wildman–Crippen MR) is 92.2 cm³/mol. The van der Waals surface area contributed by atoms with Gasteiger partial charge in [0.25, 0.3) is 0 Å². The van der Waals surface area contributed by atoms with Crippen LogP contribution >= 0.6 is 47.8 Å². The maximum Gasteiger partial charge on any atom is 0.133 e. The van der Waals surface area contributed by atoms with Gasteiger partial charge in [0.2, 0.25) is 0 Å². The molecule has 20 heavy (non-hydrogen) atoms. The lowest BCUT2D eigenvalue weighted by molar-refractivity contribution is 0.397. The number of rotatable bonds is 4. The van der Waals surface area contributed by atoms with Gasteiger partial charge in [0.15, 0.2) is 0 Å². The van der Waals surface area contributed by atoms with E-state index in [9.17, 15) is 0 Å². The van der Waals surface area contributed by atoms with E-state index in [2.05, 4.69) is 59.9 Å². The van der Waals surface area contributed by atoms with Crippen LogP contribution in [0.1, 0.15) is 16.0 Å². The molecular weight excluding hydrogens is 452 g/mol. The van der Waals surface area contributed by atoms with E-state index in [0.29, 0.717) is 0 Å². The summed E-state index contributed by atoms with van der Waals surface area (Å²) >= 11 is 10.7. The summed E-state index contributed by atoms with van der Waals surface area (Å²) in [5.41, 5.74) is 2.16. The van der Waals surface area contributed by atoms with Gasteiger partial charge in [-0.15, -0.1) is 0 Å². The fourth-order valence-corrected chi connectivity index (χ4v) is 3.47. The predicted octanol–water partition coefficient (Wildman–Crippen LogP) is 5.71. The Kier molecular flexibility index (Phi) is 5.52. The Morgan fingerprint density at radius 2 is 1.65 bits per heavy atom. The summed E-state index contributed by atoms with van der Waals surface area (Å²) in [6.07, 6.45) is 0. The second-order valence-electron chi connectivity index (χ2n) is 4.15. The zero-order valence-corrected chi connectivity index (χ0v) is 15.7. The molecule has 2 aromatic rings. The maximum absolute atomic E-state index is 5.47. The second kappa shape index (κ2) is 6.96. The molecule has 0 spiro atoms. The summed E-state index contributed by atoms with van der Waals surface area (Å²) < 4.78 is 12.7. The van der Waals surface area contributed by atoms with Crippen molar-refractivity contribution in [1.82, 2.24) is 0 Å². The van der Waals surface area contributed by atoms with Crippen molar-refractivity contribution in [2.75, 3.05) is 14.2 Å². The van der Waals surface area contributed by atoms with Crippen molar-refractivity contribution in [1.29, 1.82) is 0 Å². The van der Waals surface area contributed by atoms with Crippen LogP contribution in [0.3, 0.4) is 0 Å². The number of halogens is 3. The highest BCUT2D eigenvalue weighted by molar-refractivity contribution is 9.11. The third-order valence-electron chi connectivity index (χ3n) is 2.92. The summed E-state index contributed by atoms with van der Waals surface area (Å²) in [7, 11) is 3.32. The minimum atomic E-state index is 0.0250. The molecule has 0 fully saturated rings. The van der Waals surface area contributed by atoms with Crippen molar-refractivity contribution in [2.24, 2.45) is 0 Å². The molecule has 0 saturated heterocycles. The Labute approximate surface area is 143 Å². The van der Waals surface area contributed by atoms with E-state index >= 15 is 0 Å². The van der Waals surface area contributed by atoms with Gasteiger partial charge in [-0.05, 0) is 45.8 Å². The van der Waals surface area contributed by atoms with Crippen LogP contribution in [0.2, 0.25) is 0 Å². The highest BCUT2D eigenvalue weighted by Crippen LogP contribution is 2.42. The molecule has 2 aromatic carbocycles. The molecule has 0 heterocycles.